The van der Waals surface area contributed by atoms with Crippen molar-refractivity contribution in [2.24, 2.45) is 0 Å². The lowest BCUT2D eigenvalue weighted by Crippen LogP contribution is -2.44. The van der Waals surface area contributed by atoms with Crippen LogP contribution in [-0.4, -0.2) is 42.1 Å². The maximum atomic E-state index is 12.9. The molecule has 0 spiro atoms. The number of nitrogens with zero attached hydrogens (tertiary/aromatic N) is 2. The third-order valence-corrected chi connectivity index (χ3v) is 4.24. The number of hydrogen-bond acceptors (Lipinski definition) is 3. The van der Waals surface area contributed by atoms with Crippen LogP contribution in [0.2, 0.25) is 0 Å². The van der Waals surface area contributed by atoms with Crippen LogP contribution < -0.4 is 10.6 Å². The van der Waals surface area contributed by atoms with Crippen molar-refractivity contribution in [1.82, 2.24) is 15.2 Å². The van der Waals surface area contributed by atoms with E-state index in [2.05, 4.69) is 15.6 Å². The fourth-order valence-corrected chi connectivity index (χ4v) is 2.83. The Hall–Kier alpha value is -2.20. The molecular formula is C16H20F6N4O. The molecule has 1 fully saturated rings. The lowest BCUT2D eigenvalue weighted by Gasteiger charge is -2.31. The SMILES string of the molecule is CN(C)C(=O)NC1CCC(Nc2cc(C(F)(F)F)nc(C(F)(F)F)c2)CC1. The van der Waals surface area contributed by atoms with Gasteiger partial charge in [0, 0.05) is 31.9 Å². The van der Waals surface area contributed by atoms with Crippen LogP contribution in [0.3, 0.4) is 0 Å². The first-order valence-electron chi connectivity index (χ1n) is 8.27. The van der Waals surface area contributed by atoms with E-state index >= 15 is 0 Å². The van der Waals surface area contributed by atoms with Crippen LogP contribution in [0.5, 0.6) is 0 Å². The highest BCUT2D eigenvalue weighted by atomic mass is 19.4. The summed E-state index contributed by atoms with van der Waals surface area (Å²) in [5, 5.41) is 5.55. The third kappa shape index (κ3) is 5.90. The molecule has 5 nitrogen and oxygen atoms in total. The highest BCUT2D eigenvalue weighted by Gasteiger charge is 2.39. The molecule has 27 heavy (non-hydrogen) atoms. The minimum absolute atomic E-state index is 0.0770. The molecule has 152 valence electrons. The molecule has 0 bridgehead atoms. The van der Waals surface area contributed by atoms with Gasteiger partial charge in [0.1, 0.15) is 11.4 Å². The largest absolute Gasteiger partial charge is 0.433 e. The van der Waals surface area contributed by atoms with Crippen LogP contribution in [0, 0.1) is 0 Å². The molecule has 1 saturated carbocycles. The average Bonchev–Trinajstić information content (AvgIpc) is 2.54. The van der Waals surface area contributed by atoms with Crippen molar-refractivity contribution in [3.05, 3.63) is 23.5 Å². The summed E-state index contributed by atoms with van der Waals surface area (Å²) in [4.78, 5) is 15.7. The number of carbonyl (C=O) groups excluding carboxylic acids is 1. The van der Waals surface area contributed by atoms with Crippen molar-refractivity contribution in [3.63, 3.8) is 0 Å². The summed E-state index contributed by atoms with van der Waals surface area (Å²) in [5.74, 6) is 0. The number of urea groups is 1. The van der Waals surface area contributed by atoms with E-state index in [0.717, 1.165) is 0 Å². The Kier molecular flexibility index (Phi) is 6.10. The molecule has 1 aliphatic carbocycles. The number of pyridine rings is 1. The van der Waals surface area contributed by atoms with Gasteiger partial charge in [0.05, 0.1) is 0 Å². The number of halogens is 6. The molecule has 0 saturated heterocycles. The zero-order valence-corrected chi connectivity index (χ0v) is 14.7. The normalized spacial score (nSPS) is 20.9. The molecule has 1 aromatic heterocycles. The molecule has 0 aromatic carbocycles. The summed E-state index contributed by atoms with van der Waals surface area (Å²) in [6.07, 6.45) is -7.81. The summed E-state index contributed by atoms with van der Waals surface area (Å²) in [6, 6.07) is 0.545. The van der Waals surface area contributed by atoms with Gasteiger partial charge in [0.2, 0.25) is 0 Å². The predicted octanol–water partition coefficient (Wildman–Crippen LogP) is 4.11. The van der Waals surface area contributed by atoms with E-state index in [1.54, 1.807) is 14.1 Å². The minimum atomic E-state index is -4.98. The van der Waals surface area contributed by atoms with Crippen LogP contribution in [0.4, 0.5) is 36.8 Å². The third-order valence-electron chi connectivity index (χ3n) is 4.24. The fourth-order valence-electron chi connectivity index (χ4n) is 2.83. The molecule has 2 rings (SSSR count). The summed E-state index contributed by atoms with van der Waals surface area (Å²) < 4.78 is 77.1. The van der Waals surface area contributed by atoms with E-state index in [9.17, 15) is 31.1 Å². The Labute approximate surface area is 152 Å². The van der Waals surface area contributed by atoms with E-state index in [0.29, 0.717) is 37.8 Å². The van der Waals surface area contributed by atoms with Gasteiger partial charge < -0.3 is 15.5 Å². The Morgan fingerprint density at radius 2 is 1.41 bits per heavy atom. The molecule has 0 atom stereocenters. The lowest BCUT2D eigenvalue weighted by atomic mass is 9.91. The van der Waals surface area contributed by atoms with Crippen molar-refractivity contribution in [1.29, 1.82) is 0 Å². The van der Waals surface area contributed by atoms with Crippen LogP contribution in [0.1, 0.15) is 37.1 Å². The number of amides is 2. The van der Waals surface area contributed by atoms with Crippen molar-refractivity contribution < 1.29 is 31.1 Å². The van der Waals surface area contributed by atoms with Crippen LogP contribution in [-0.2, 0) is 12.4 Å². The van der Waals surface area contributed by atoms with E-state index < -0.39 is 23.7 Å². The van der Waals surface area contributed by atoms with Gasteiger partial charge in [-0.25, -0.2) is 9.78 Å². The molecule has 2 amide bonds. The van der Waals surface area contributed by atoms with E-state index in [4.69, 9.17) is 0 Å². The first-order chi connectivity index (χ1) is 12.4. The smallest absolute Gasteiger partial charge is 0.382 e. The zero-order valence-electron chi connectivity index (χ0n) is 14.7. The molecule has 0 aliphatic heterocycles. The quantitative estimate of drug-likeness (QED) is 0.754. The number of rotatable bonds is 3. The number of anilines is 1. The molecule has 11 heteroatoms. The van der Waals surface area contributed by atoms with Gasteiger partial charge in [-0.3, -0.25) is 0 Å². The average molecular weight is 398 g/mol. The first-order valence-corrected chi connectivity index (χ1v) is 8.27. The Morgan fingerprint density at radius 1 is 0.963 bits per heavy atom. The zero-order chi connectivity index (χ0) is 20.4. The van der Waals surface area contributed by atoms with Crippen LogP contribution >= 0.6 is 0 Å². The second-order valence-corrected chi connectivity index (χ2v) is 6.66. The van der Waals surface area contributed by atoms with Crippen LogP contribution in [0.15, 0.2) is 12.1 Å². The summed E-state index contributed by atoms with van der Waals surface area (Å²) >= 11 is 0. The minimum Gasteiger partial charge on any atom is -0.382 e. The number of hydrogen-bond donors (Lipinski definition) is 2. The second kappa shape index (κ2) is 7.81. The Morgan fingerprint density at radius 3 is 1.81 bits per heavy atom. The predicted molar refractivity (Wildman–Crippen MR) is 86.1 cm³/mol. The van der Waals surface area contributed by atoms with Crippen molar-refractivity contribution in [3.8, 4) is 0 Å². The number of alkyl halides is 6. The van der Waals surface area contributed by atoms with E-state index in [1.807, 2.05) is 0 Å². The first kappa shape index (κ1) is 21.1. The van der Waals surface area contributed by atoms with Crippen molar-refractivity contribution in [2.45, 2.75) is 50.1 Å². The molecule has 2 N–H and O–H groups in total. The van der Waals surface area contributed by atoms with Gasteiger partial charge in [-0.2, -0.15) is 26.3 Å². The number of aromatic nitrogens is 1. The highest BCUT2D eigenvalue weighted by molar-refractivity contribution is 5.73. The molecule has 1 heterocycles. The van der Waals surface area contributed by atoms with Gasteiger partial charge in [0.15, 0.2) is 0 Å². The Balaban J connectivity index is 2.06. The molecular weight excluding hydrogens is 378 g/mol. The standard InChI is InChI=1S/C16H20F6N4O/c1-26(2)14(27)24-10-5-3-9(4-6-10)23-11-7-12(15(17,18)19)25-13(8-11)16(20,21)22/h7-10H,3-6H2,1-2H3,(H,23,25)(H,24,27). The van der Waals surface area contributed by atoms with Crippen molar-refractivity contribution in [2.75, 3.05) is 19.4 Å². The maximum Gasteiger partial charge on any atom is 0.433 e. The highest BCUT2D eigenvalue weighted by Crippen LogP contribution is 2.35. The van der Waals surface area contributed by atoms with Gasteiger partial charge >= 0.3 is 18.4 Å². The Bertz CT molecular complexity index is 634. The van der Waals surface area contributed by atoms with Gasteiger partial charge in [0.25, 0.3) is 0 Å². The van der Waals surface area contributed by atoms with E-state index in [1.165, 1.54) is 4.90 Å². The molecule has 0 radical (unpaired) electrons. The molecule has 0 unspecified atom stereocenters. The maximum absolute atomic E-state index is 12.9. The van der Waals surface area contributed by atoms with Gasteiger partial charge in [-0.15, -0.1) is 0 Å². The molecule has 1 aromatic rings. The number of carbonyl (C=O) groups is 1. The summed E-state index contributed by atoms with van der Waals surface area (Å²) in [7, 11) is 3.20. The van der Waals surface area contributed by atoms with Gasteiger partial charge in [-0.1, -0.05) is 0 Å². The van der Waals surface area contributed by atoms with E-state index in [-0.39, 0.29) is 23.8 Å². The fraction of sp³-hybridized carbons (Fsp3) is 0.625. The summed E-state index contributed by atoms with van der Waals surface area (Å²) in [5.41, 5.74) is -3.45. The van der Waals surface area contributed by atoms with Crippen LogP contribution in [0.25, 0.3) is 0 Å². The monoisotopic (exact) mass is 398 g/mol. The number of nitrogens with one attached hydrogen (secondary N) is 2. The molecule has 1 aliphatic rings. The second-order valence-electron chi connectivity index (χ2n) is 6.66. The van der Waals surface area contributed by atoms with Crippen molar-refractivity contribution >= 4 is 11.7 Å². The summed E-state index contributed by atoms with van der Waals surface area (Å²) in [6.45, 7) is 0. The van der Waals surface area contributed by atoms with Gasteiger partial charge in [-0.05, 0) is 37.8 Å². The topological polar surface area (TPSA) is 57.3 Å². The lowest BCUT2D eigenvalue weighted by molar-refractivity contribution is -0.150.